The SMILES string of the molecule is CC(Br)C(=O)NCC1CC2CCC1C2. The summed E-state index contributed by atoms with van der Waals surface area (Å²) in [4.78, 5) is 11.3. The molecule has 2 bridgehead atoms. The van der Waals surface area contributed by atoms with Crippen molar-refractivity contribution in [2.45, 2.75) is 37.4 Å². The predicted octanol–water partition coefficient (Wildman–Crippen LogP) is 2.32. The Morgan fingerprint density at radius 2 is 2.29 bits per heavy atom. The molecule has 2 rings (SSSR count). The van der Waals surface area contributed by atoms with E-state index < -0.39 is 0 Å². The van der Waals surface area contributed by atoms with Crippen molar-refractivity contribution in [3.63, 3.8) is 0 Å². The van der Waals surface area contributed by atoms with Gasteiger partial charge in [0.1, 0.15) is 0 Å². The van der Waals surface area contributed by atoms with Crippen LogP contribution < -0.4 is 5.32 Å². The number of halogens is 1. The van der Waals surface area contributed by atoms with Crippen molar-refractivity contribution < 1.29 is 4.79 Å². The average Bonchev–Trinajstić information content (AvgIpc) is 2.74. The highest BCUT2D eigenvalue weighted by atomic mass is 79.9. The van der Waals surface area contributed by atoms with E-state index in [4.69, 9.17) is 0 Å². The lowest BCUT2D eigenvalue weighted by Gasteiger charge is -2.22. The van der Waals surface area contributed by atoms with Gasteiger partial charge < -0.3 is 5.32 Å². The molecule has 4 unspecified atom stereocenters. The average molecular weight is 260 g/mol. The molecule has 0 spiro atoms. The fraction of sp³-hybridized carbons (Fsp3) is 0.909. The van der Waals surface area contributed by atoms with Crippen LogP contribution in [0, 0.1) is 17.8 Å². The van der Waals surface area contributed by atoms with Gasteiger partial charge in [-0.15, -0.1) is 0 Å². The number of alkyl halides is 1. The summed E-state index contributed by atoms with van der Waals surface area (Å²) in [5, 5.41) is 3.02. The van der Waals surface area contributed by atoms with Crippen LogP contribution in [-0.4, -0.2) is 17.3 Å². The van der Waals surface area contributed by atoms with E-state index in [2.05, 4.69) is 21.2 Å². The Hall–Kier alpha value is -0.0500. The van der Waals surface area contributed by atoms with Gasteiger partial charge in [-0.25, -0.2) is 0 Å². The summed E-state index contributed by atoms with van der Waals surface area (Å²) < 4.78 is 0. The van der Waals surface area contributed by atoms with E-state index in [1.54, 1.807) is 0 Å². The van der Waals surface area contributed by atoms with E-state index >= 15 is 0 Å². The summed E-state index contributed by atoms with van der Waals surface area (Å²) in [5.41, 5.74) is 0. The summed E-state index contributed by atoms with van der Waals surface area (Å²) in [5.74, 6) is 2.78. The monoisotopic (exact) mass is 259 g/mol. The zero-order valence-corrected chi connectivity index (χ0v) is 10.2. The Bertz CT molecular complexity index is 229. The fourth-order valence-corrected chi connectivity index (χ4v) is 3.16. The standard InChI is InChI=1S/C11H18BrNO/c1-7(12)11(14)13-6-10-5-8-2-3-9(10)4-8/h7-10H,2-6H2,1H3,(H,13,14). The van der Waals surface area contributed by atoms with Gasteiger partial charge in [0, 0.05) is 6.54 Å². The Kier molecular flexibility index (Phi) is 3.15. The number of amides is 1. The van der Waals surface area contributed by atoms with Gasteiger partial charge in [-0.1, -0.05) is 22.4 Å². The van der Waals surface area contributed by atoms with Crippen molar-refractivity contribution >= 4 is 21.8 Å². The highest BCUT2D eigenvalue weighted by molar-refractivity contribution is 9.10. The van der Waals surface area contributed by atoms with Crippen molar-refractivity contribution in [2.24, 2.45) is 17.8 Å². The molecule has 0 aromatic rings. The molecule has 0 aromatic heterocycles. The molecule has 3 heteroatoms. The first-order valence-electron chi connectivity index (χ1n) is 5.58. The van der Waals surface area contributed by atoms with Crippen LogP contribution in [0.2, 0.25) is 0 Å². The van der Waals surface area contributed by atoms with Crippen molar-refractivity contribution in [3.8, 4) is 0 Å². The van der Waals surface area contributed by atoms with Crippen molar-refractivity contribution in [3.05, 3.63) is 0 Å². The quantitative estimate of drug-likeness (QED) is 0.775. The molecular formula is C11H18BrNO. The van der Waals surface area contributed by atoms with Gasteiger partial charge >= 0.3 is 0 Å². The molecule has 0 heterocycles. The molecule has 0 aromatic carbocycles. The fourth-order valence-electron chi connectivity index (χ4n) is 3.00. The molecule has 14 heavy (non-hydrogen) atoms. The third-order valence-electron chi connectivity index (χ3n) is 3.78. The van der Waals surface area contributed by atoms with Crippen LogP contribution in [0.1, 0.15) is 32.6 Å². The molecule has 80 valence electrons. The zero-order chi connectivity index (χ0) is 10.1. The highest BCUT2D eigenvalue weighted by Gasteiger charge is 2.39. The Morgan fingerprint density at radius 3 is 2.79 bits per heavy atom. The first kappa shape index (κ1) is 10.5. The first-order chi connectivity index (χ1) is 6.66. The number of carbonyl (C=O) groups excluding carboxylic acids is 1. The van der Waals surface area contributed by atoms with Crippen LogP contribution in [0.4, 0.5) is 0 Å². The van der Waals surface area contributed by atoms with E-state index in [9.17, 15) is 4.79 Å². The van der Waals surface area contributed by atoms with Gasteiger partial charge in [-0.2, -0.15) is 0 Å². The minimum Gasteiger partial charge on any atom is -0.355 e. The van der Waals surface area contributed by atoms with Gasteiger partial charge in [0.2, 0.25) is 5.91 Å². The normalized spacial score (nSPS) is 37.1. The lowest BCUT2D eigenvalue weighted by Crippen LogP contribution is -2.35. The Morgan fingerprint density at radius 1 is 1.50 bits per heavy atom. The number of hydrogen-bond acceptors (Lipinski definition) is 1. The van der Waals surface area contributed by atoms with Crippen LogP contribution >= 0.6 is 15.9 Å². The lowest BCUT2D eigenvalue weighted by molar-refractivity contribution is -0.120. The molecule has 1 N–H and O–H groups in total. The van der Waals surface area contributed by atoms with Crippen LogP contribution in [0.3, 0.4) is 0 Å². The third kappa shape index (κ3) is 2.13. The van der Waals surface area contributed by atoms with E-state index in [0.29, 0.717) is 0 Å². The molecule has 1 amide bonds. The second-order valence-electron chi connectivity index (χ2n) is 4.80. The van der Waals surface area contributed by atoms with Gasteiger partial charge in [0.15, 0.2) is 0 Å². The number of rotatable bonds is 3. The second-order valence-corrected chi connectivity index (χ2v) is 6.17. The molecule has 2 nitrogen and oxygen atoms in total. The molecule has 2 aliphatic rings. The smallest absolute Gasteiger partial charge is 0.233 e. The molecule has 2 fully saturated rings. The maximum Gasteiger partial charge on any atom is 0.233 e. The van der Waals surface area contributed by atoms with Crippen LogP contribution in [0.25, 0.3) is 0 Å². The molecular weight excluding hydrogens is 242 g/mol. The number of hydrogen-bond donors (Lipinski definition) is 1. The van der Waals surface area contributed by atoms with Crippen LogP contribution in [0.5, 0.6) is 0 Å². The van der Waals surface area contributed by atoms with Gasteiger partial charge in [0.05, 0.1) is 4.83 Å². The minimum atomic E-state index is -0.0545. The number of fused-ring (bicyclic) bond motifs is 2. The van der Waals surface area contributed by atoms with E-state index in [1.165, 1.54) is 25.7 Å². The zero-order valence-electron chi connectivity index (χ0n) is 8.63. The molecule has 2 saturated carbocycles. The van der Waals surface area contributed by atoms with E-state index in [-0.39, 0.29) is 10.7 Å². The summed E-state index contributed by atoms with van der Waals surface area (Å²) >= 11 is 3.28. The number of carbonyl (C=O) groups is 1. The van der Waals surface area contributed by atoms with Crippen molar-refractivity contribution in [1.82, 2.24) is 5.32 Å². The lowest BCUT2D eigenvalue weighted by atomic mass is 9.89. The van der Waals surface area contributed by atoms with Crippen LogP contribution in [0.15, 0.2) is 0 Å². The topological polar surface area (TPSA) is 29.1 Å². The molecule has 2 aliphatic carbocycles. The Balaban J connectivity index is 1.74. The summed E-state index contributed by atoms with van der Waals surface area (Å²) in [6.07, 6.45) is 5.60. The van der Waals surface area contributed by atoms with E-state index in [0.717, 1.165) is 24.3 Å². The largest absolute Gasteiger partial charge is 0.355 e. The highest BCUT2D eigenvalue weighted by Crippen LogP contribution is 2.47. The summed E-state index contributed by atoms with van der Waals surface area (Å²) in [7, 11) is 0. The minimum absolute atomic E-state index is 0.0545. The predicted molar refractivity (Wildman–Crippen MR) is 60.3 cm³/mol. The van der Waals surface area contributed by atoms with Gasteiger partial charge in [0.25, 0.3) is 0 Å². The maximum absolute atomic E-state index is 11.3. The van der Waals surface area contributed by atoms with E-state index in [1.807, 2.05) is 6.92 Å². The second kappa shape index (κ2) is 4.21. The summed E-state index contributed by atoms with van der Waals surface area (Å²) in [6.45, 7) is 2.77. The molecule has 0 radical (unpaired) electrons. The first-order valence-corrected chi connectivity index (χ1v) is 6.50. The summed E-state index contributed by atoms with van der Waals surface area (Å²) in [6, 6.07) is 0. The van der Waals surface area contributed by atoms with Crippen molar-refractivity contribution in [2.75, 3.05) is 6.54 Å². The molecule has 0 saturated heterocycles. The third-order valence-corrected chi connectivity index (χ3v) is 4.20. The van der Waals surface area contributed by atoms with Gasteiger partial charge in [-0.05, 0) is 43.9 Å². The molecule has 4 atom stereocenters. The van der Waals surface area contributed by atoms with Crippen molar-refractivity contribution in [1.29, 1.82) is 0 Å². The molecule has 0 aliphatic heterocycles. The maximum atomic E-state index is 11.3. The van der Waals surface area contributed by atoms with Gasteiger partial charge in [-0.3, -0.25) is 4.79 Å². The number of nitrogens with one attached hydrogen (secondary N) is 1. The van der Waals surface area contributed by atoms with Crippen LogP contribution in [-0.2, 0) is 4.79 Å². The Labute approximate surface area is 94.0 Å².